The number of halogens is 1. The van der Waals surface area contributed by atoms with E-state index >= 15 is 0 Å². The van der Waals surface area contributed by atoms with Crippen molar-refractivity contribution in [1.29, 1.82) is 0 Å². The van der Waals surface area contributed by atoms with E-state index in [0.717, 1.165) is 12.8 Å². The molecular weight excluding hydrogens is 490 g/mol. The highest BCUT2D eigenvalue weighted by Gasteiger charge is 2.33. The maximum absolute atomic E-state index is 13.7. The van der Waals surface area contributed by atoms with Crippen molar-refractivity contribution >= 4 is 45.3 Å². The number of amidine groups is 1. The highest BCUT2D eigenvalue weighted by atomic mass is 35.5. The average Bonchev–Trinajstić information content (AvgIpc) is 3.64. The minimum atomic E-state index is -3.91. The van der Waals surface area contributed by atoms with Gasteiger partial charge in [0.05, 0.1) is 17.5 Å². The van der Waals surface area contributed by atoms with E-state index in [2.05, 4.69) is 21.6 Å². The number of hydrogen-bond acceptors (Lipinski definition) is 6. The molecule has 184 valence electrons. The zero-order valence-electron chi connectivity index (χ0n) is 19.1. The van der Waals surface area contributed by atoms with Gasteiger partial charge in [-0.15, -0.1) is 0 Å². The summed E-state index contributed by atoms with van der Waals surface area (Å²) in [5.74, 6) is -0.0725. The Hall–Kier alpha value is -3.37. The normalized spacial score (nSPS) is 18.3. The third kappa shape index (κ3) is 5.33. The third-order valence-corrected chi connectivity index (χ3v) is 7.48. The second-order valence-corrected chi connectivity index (χ2v) is 10.8. The number of hydrogen-bond donors (Lipinski definition) is 3. The molecule has 1 aliphatic heterocycles. The van der Waals surface area contributed by atoms with E-state index in [1.807, 2.05) is 6.92 Å². The first-order chi connectivity index (χ1) is 16.6. The van der Waals surface area contributed by atoms with Crippen molar-refractivity contribution in [3.63, 3.8) is 0 Å². The molecule has 1 unspecified atom stereocenters. The molecule has 1 aromatic heterocycles. The van der Waals surface area contributed by atoms with Crippen LogP contribution < -0.4 is 21.3 Å². The van der Waals surface area contributed by atoms with Crippen LogP contribution in [0, 0.1) is 0 Å². The predicted octanol–water partition coefficient (Wildman–Crippen LogP) is 2.59. The zero-order valence-corrected chi connectivity index (χ0v) is 20.7. The van der Waals surface area contributed by atoms with Crippen molar-refractivity contribution in [2.75, 3.05) is 11.3 Å². The number of aliphatic imine (C=N–C) groups is 1. The average molecular weight is 516 g/mol. The van der Waals surface area contributed by atoms with Gasteiger partial charge in [-0.2, -0.15) is 0 Å². The molecule has 1 atom stereocenters. The third-order valence-electron chi connectivity index (χ3n) is 5.98. The van der Waals surface area contributed by atoms with Gasteiger partial charge in [0.15, 0.2) is 0 Å². The standard InChI is InChI=1S/C24H26ClN5O4S/c1-14-15(2)28-23(26)22(19(14)11-27-13-31)30-21(17-5-6-17)10-9-20(24(30)32)29-35(33,34)12-16-3-7-18(25)8-4-16/h3-4,7-10,13,15,17,29H,1,5-6,11-12H2,2H3,(H2,26,28)(H,27,31). The van der Waals surface area contributed by atoms with Crippen molar-refractivity contribution in [1.82, 2.24) is 9.88 Å². The summed E-state index contributed by atoms with van der Waals surface area (Å²) in [6.45, 7) is 6.00. The van der Waals surface area contributed by atoms with Gasteiger partial charge in [-0.3, -0.25) is 23.9 Å². The van der Waals surface area contributed by atoms with Crippen LogP contribution in [0.5, 0.6) is 0 Å². The number of carbonyl (C=O) groups is 1. The zero-order chi connectivity index (χ0) is 25.3. The lowest BCUT2D eigenvalue weighted by Gasteiger charge is -2.27. The second kappa shape index (κ2) is 9.71. The van der Waals surface area contributed by atoms with Crippen molar-refractivity contribution < 1.29 is 13.2 Å². The lowest BCUT2D eigenvalue weighted by molar-refractivity contribution is -0.109. The van der Waals surface area contributed by atoms with Crippen LogP contribution in [0.25, 0.3) is 5.70 Å². The first-order valence-electron chi connectivity index (χ1n) is 11.1. The Bertz CT molecular complexity index is 1410. The lowest BCUT2D eigenvalue weighted by Crippen LogP contribution is -2.37. The number of nitrogens with one attached hydrogen (secondary N) is 2. The fourth-order valence-electron chi connectivity index (χ4n) is 4.06. The Morgan fingerprint density at radius 3 is 2.54 bits per heavy atom. The molecule has 11 heteroatoms. The molecule has 1 aromatic carbocycles. The molecule has 2 aliphatic rings. The van der Waals surface area contributed by atoms with E-state index in [-0.39, 0.29) is 35.8 Å². The van der Waals surface area contributed by atoms with Gasteiger partial charge in [0, 0.05) is 22.8 Å². The number of aromatic nitrogens is 1. The van der Waals surface area contributed by atoms with Gasteiger partial charge in [-0.05, 0) is 61.1 Å². The Balaban J connectivity index is 1.80. The van der Waals surface area contributed by atoms with E-state index in [1.54, 1.807) is 30.3 Å². The van der Waals surface area contributed by atoms with Gasteiger partial charge in [-0.25, -0.2) is 8.42 Å². The Kier molecular flexibility index (Phi) is 6.86. The number of nitrogens with zero attached hydrogens (tertiary/aromatic N) is 2. The number of carbonyl (C=O) groups excluding carboxylic acids is 1. The van der Waals surface area contributed by atoms with Gasteiger partial charge >= 0.3 is 0 Å². The van der Waals surface area contributed by atoms with Crippen LogP contribution in [0.4, 0.5) is 5.69 Å². The molecule has 0 bridgehead atoms. The second-order valence-electron chi connectivity index (χ2n) is 8.62. The van der Waals surface area contributed by atoms with Gasteiger partial charge in [-0.1, -0.05) is 30.3 Å². The van der Waals surface area contributed by atoms with Crippen molar-refractivity contribution in [2.24, 2.45) is 10.7 Å². The predicted molar refractivity (Wildman–Crippen MR) is 138 cm³/mol. The number of sulfonamides is 1. The number of dihydropyridines is 1. The molecule has 1 saturated carbocycles. The monoisotopic (exact) mass is 515 g/mol. The molecule has 1 amide bonds. The van der Waals surface area contributed by atoms with Crippen molar-refractivity contribution in [3.05, 3.63) is 80.8 Å². The molecule has 0 saturated heterocycles. The molecule has 1 aliphatic carbocycles. The number of anilines is 1. The number of pyridine rings is 1. The number of rotatable bonds is 9. The van der Waals surface area contributed by atoms with Crippen LogP contribution in [0.15, 0.2) is 63.9 Å². The van der Waals surface area contributed by atoms with Crippen LogP contribution in [0.3, 0.4) is 0 Å². The Labute approximate surface area is 208 Å². The minimum Gasteiger partial charge on any atom is -0.382 e. The van der Waals surface area contributed by atoms with Crippen LogP contribution in [-0.2, 0) is 20.6 Å². The van der Waals surface area contributed by atoms with E-state index in [0.29, 0.717) is 39.5 Å². The Morgan fingerprint density at radius 2 is 1.91 bits per heavy atom. The van der Waals surface area contributed by atoms with Crippen molar-refractivity contribution in [2.45, 2.75) is 37.5 Å². The maximum atomic E-state index is 13.7. The van der Waals surface area contributed by atoms with E-state index in [4.69, 9.17) is 17.3 Å². The van der Waals surface area contributed by atoms with E-state index in [1.165, 1.54) is 10.6 Å². The van der Waals surface area contributed by atoms with Gasteiger partial charge < -0.3 is 11.1 Å². The number of nitrogens with two attached hydrogens (primary N) is 1. The van der Waals surface area contributed by atoms with Gasteiger partial charge in [0.1, 0.15) is 11.5 Å². The molecule has 35 heavy (non-hydrogen) atoms. The number of amides is 1. The first kappa shape index (κ1) is 24.7. The number of benzene rings is 1. The van der Waals surface area contributed by atoms with Crippen LogP contribution in [-0.4, -0.2) is 37.8 Å². The Morgan fingerprint density at radius 1 is 1.23 bits per heavy atom. The quantitative estimate of drug-likeness (QED) is 0.441. The summed E-state index contributed by atoms with van der Waals surface area (Å²) in [4.78, 5) is 29.1. The molecule has 0 spiro atoms. The largest absolute Gasteiger partial charge is 0.382 e. The van der Waals surface area contributed by atoms with Crippen LogP contribution in [0.2, 0.25) is 5.02 Å². The lowest BCUT2D eigenvalue weighted by atomic mass is 9.95. The SMILES string of the molecule is C=C1C(CNC=O)=C(n2c(C3CC3)ccc(NS(=O)(=O)Cc3ccc(Cl)cc3)c2=O)C(N)=NC1C. The van der Waals surface area contributed by atoms with Crippen LogP contribution >= 0.6 is 11.6 Å². The molecule has 1 fully saturated rings. The molecule has 4 N–H and O–H groups in total. The summed E-state index contributed by atoms with van der Waals surface area (Å²) in [6.07, 6.45) is 2.34. The molecule has 9 nitrogen and oxygen atoms in total. The summed E-state index contributed by atoms with van der Waals surface area (Å²) in [5, 5.41) is 3.10. The summed E-state index contributed by atoms with van der Waals surface area (Å²) >= 11 is 5.88. The van der Waals surface area contributed by atoms with Crippen LogP contribution in [0.1, 0.15) is 36.9 Å². The molecular formula is C24H26ClN5O4S. The topological polar surface area (TPSA) is 136 Å². The minimum absolute atomic E-state index is 0.0985. The first-order valence-corrected chi connectivity index (χ1v) is 13.1. The fraction of sp³-hybridized carbons (Fsp3) is 0.292. The smallest absolute Gasteiger partial charge is 0.279 e. The molecule has 2 heterocycles. The summed E-state index contributed by atoms with van der Waals surface area (Å²) < 4.78 is 29.6. The molecule has 2 aromatic rings. The van der Waals surface area contributed by atoms with Crippen molar-refractivity contribution in [3.8, 4) is 0 Å². The summed E-state index contributed by atoms with van der Waals surface area (Å²) in [5.41, 5.74) is 8.34. The maximum Gasteiger partial charge on any atom is 0.279 e. The summed E-state index contributed by atoms with van der Waals surface area (Å²) in [6, 6.07) is 9.30. The fourth-order valence-corrected chi connectivity index (χ4v) is 5.38. The van der Waals surface area contributed by atoms with Gasteiger partial charge in [0.25, 0.3) is 5.56 Å². The van der Waals surface area contributed by atoms with E-state index in [9.17, 15) is 18.0 Å². The van der Waals surface area contributed by atoms with E-state index < -0.39 is 15.6 Å². The summed E-state index contributed by atoms with van der Waals surface area (Å²) in [7, 11) is -3.91. The molecule has 0 radical (unpaired) electrons. The molecule has 4 rings (SSSR count). The highest BCUT2D eigenvalue weighted by molar-refractivity contribution is 7.91. The highest BCUT2D eigenvalue weighted by Crippen LogP contribution is 2.41. The van der Waals surface area contributed by atoms with Gasteiger partial charge in [0.2, 0.25) is 16.4 Å².